The number of hydrogen-bond acceptors (Lipinski definition) is 6. The number of hydrazine groups is 1. The van der Waals surface area contributed by atoms with Gasteiger partial charge in [-0.3, -0.25) is 30.1 Å². The van der Waals surface area contributed by atoms with E-state index in [2.05, 4.69) is 30.9 Å². The molecule has 4 aromatic heterocycles. The van der Waals surface area contributed by atoms with Crippen molar-refractivity contribution in [2.24, 2.45) is 7.05 Å². The number of pyridine rings is 3. The van der Waals surface area contributed by atoms with Crippen molar-refractivity contribution in [1.82, 2.24) is 35.6 Å². The van der Waals surface area contributed by atoms with Crippen molar-refractivity contribution < 1.29 is 9.59 Å². The molecule has 0 atom stereocenters. The Labute approximate surface area is 194 Å². The van der Waals surface area contributed by atoms with Gasteiger partial charge in [-0.15, -0.1) is 0 Å². The number of aryl methyl sites for hydroxylation is 3. The molecule has 0 aliphatic heterocycles. The van der Waals surface area contributed by atoms with E-state index in [1.165, 1.54) is 0 Å². The number of para-hydroxylation sites is 1. The Morgan fingerprint density at radius 3 is 2.35 bits per heavy atom. The van der Waals surface area contributed by atoms with Crippen LogP contribution in [0.25, 0.3) is 33.3 Å². The molecule has 0 saturated carbocycles. The number of hydrogen-bond donors (Lipinski definition) is 2. The van der Waals surface area contributed by atoms with Crippen LogP contribution in [0, 0.1) is 13.8 Å². The fourth-order valence-electron chi connectivity index (χ4n) is 4.01. The third-order valence-corrected chi connectivity index (χ3v) is 5.52. The van der Waals surface area contributed by atoms with E-state index in [1.54, 1.807) is 37.0 Å². The van der Waals surface area contributed by atoms with Crippen molar-refractivity contribution in [2.45, 2.75) is 13.8 Å². The molecule has 0 radical (unpaired) electrons. The normalized spacial score (nSPS) is 11.0. The first-order valence-corrected chi connectivity index (χ1v) is 10.6. The van der Waals surface area contributed by atoms with E-state index in [4.69, 9.17) is 0 Å². The van der Waals surface area contributed by atoms with Crippen LogP contribution in [-0.2, 0) is 7.05 Å². The molecule has 5 rings (SSSR count). The van der Waals surface area contributed by atoms with Gasteiger partial charge in [0.1, 0.15) is 0 Å². The van der Waals surface area contributed by atoms with E-state index in [1.807, 2.05) is 49.4 Å². The maximum atomic E-state index is 13.2. The van der Waals surface area contributed by atoms with E-state index < -0.39 is 11.8 Å². The summed E-state index contributed by atoms with van der Waals surface area (Å²) in [6.45, 7) is 3.62. The molecule has 2 N–H and O–H groups in total. The predicted octanol–water partition coefficient (Wildman–Crippen LogP) is 3.27. The molecule has 0 spiro atoms. The average Bonchev–Trinajstić information content (AvgIpc) is 3.14. The largest absolute Gasteiger partial charge is 0.270 e. The zero-order chi connectivity index (χ0) is 23.8. The second kappa shape index (κ2) is 8.36. The molecule has 0 bridgehead atoms. The maximum Gasteiger partial charge on any atom is 0.270 e. The smallest absolute Gasteiger partial charge is 0.267 e. The number of carbonyl (C=O) groups excluding carboxylic acids is 2. The van der Waals surface area contributed by atoms with Crippen LogP contribution in [0.1, 0.15) is 32.1 Å². The maximum absolute atomic E-state index is 13.2. The summed E-state index contributed by atoms with van der Waals surface area (Å²) in [6.07, 6.45) is 1.67. The van der Waals surface area contributed by atoms with Crippen molar-refractivity contribution >= 4 is 33.8 Å². The van der Waals surface area contributed by atoms with Gasteiger partial charge in [0, 0.05) is 24.3 Å². The zero-order valence-electron chi connectivity index (χ0n) is 18.8. The fraction of sp³-hybridized carbons (Fsp3) is 0.120. The Morgan fingerprint density at radius 2 is 1.59 bits per heavy atom. The highest BCUT2D eigenvalue weighted by Gasteiger charge is 2.19. The average molecular weight is 451 g/mol. The molecule has 168 valence electrons. The van der Waals surface area contributed by atoms with Crippen LogP contribution in [-0.4, -0.2) is 36.5 Å². The Balaban J connectivity index is 1.47. The molecule has 34 heavy (non-hydrogen) atoms. The molecular formula is C25H21N7O2. The van der Waals surface area contributed by atoms with Gasteiger partial charge in [-0.25, -0.2) is 9.97 Å². The molecule has 0 unspecified atom stereocenters. The summed E-state index contributed by atoms with van der Waals surface area (Å²) in [5, 5.41) is 5.67. The second-order valence-corrected chi connectivity index (χ2v) is 7.91. The highest BCUT2D eigenvalue weighted by atomic mass is 16.2. The number of aromatic nitrogens is 5. The van der Waals surface area contributed by atoms with Crippen LogP contribution in [0.3, 0.4) is 0 Å². The Hall–Kier alpha value is -4.66. The van der Waals surface area contributed by atoms with Gasteiger partial charge < -0.3 is 0 Å². The van der Waals surface area contributed by atoms with Crippen molar-refractivity contribution in [3.63, 3.8) is 0 Å². The molecule has 9 nitrogen and oxygen atoms in total. The first kappa shape index (κ1) is 21.2. The molecular weight excluding hydrogens is 430 g/mol. The van der Waals surface area contributed by atoms with E-state index in [0.29, 0.717) is 55.8 Å². The van der Waals surface area contributed by atoms with Crippen LogP contribution >= 0.6 is 0 Å². The Kier molecular flexibility index (Phi) is 5.21. The van der Waals surface area contributed by atoms with Gasteiger partial charge in [0.15, 0.2) is 5.65 Å². The van der Waals surface area contributed by atoms with Crippen molar-refractivity contribution in [3.05, 3.63) is 83.3 Å². The third kappa shape index (κ3) is 3.73. The van der Waals surface area contributed by atoms with E-state index in [-0.39, 0.29) is 0 Å². The first-order valence-electron chi connectivity index (χ1n) is 10.6. The molecule has 4 heterocycles. The first-order chi connectivity index (χ1) is 16.4. The zero-order valence-corrected chi connectivity index (χ0v) is 18.8. The van der Waals surface area contributed by atoms with E-state index in [0.717, 1.165) is 0 Å². The van der Waals surface area contributed by atoms with Gasteiger partial charge in [0.25, 0.3) is 11.8 Å². The lowest BCUT2D eigenvalue weighted by atomic mass is 10.1. The summed E-state index contributed by atoms with van der Waals surface area (Å²) in [7, 11) is 1.78. The summed E-state index contributed by atoms with van der Waals surface area (Å²) >= 11 is 0. The summed E-state index contributed by atoms with van der Waals surface area (Å²) in [5.74, 6) is -0.919. The number of nitrogens with one attached hydrogen (secondary N) is 2. The van der Waals surface area contributed by atoms with Crippen LogP contribution < -0.4 is 10.9 Å². The van der Waals surface area contributed by atoms with E-state index in [9.17, 15) is 9.59 Å². The standard InChI is InChI=1S/C25H21N7O2/c1-14-12-18(22-15(2)31-32(3)23(22)27-14)25(34)30-29-24(33)17-13-21(20-10-6-7-11-26-20)28-19-9-5-4-8-16(17)19/h4-13H,1-3H3,(H,29,33)(H,30,34). The van der Waals surface area contributed by atoms with Crippen molar-refractivity contribution in [1.29, 1.82) is 0 Å². The summed E-state index contributed by atoms with van der Waals surface area (Å²) in [5.41, 5.74) is 9.67. The topological polar surface area (TPSA) is 115 Å². The monoisotopic (exact) mass is 451 g/mol. The number of nitrogens with zero attached hydrogens (tertiary/aromatic N) is 5. The summed E-state index contributed by atoms with van der Waals surface area (Å²) in [4.78, 5) is 39.7. The Bertz CT molecular complexity index is 1580. The highest BCUT2D eigenvalue weighted by molar-refractivity contribution is 6.10. The van der Waals surface area contributed by atoms with Gasteiger partial charge in [-0.05, 0) is 44.2 Å². The van der Waals surface area contributed by atoms with Crippen LogP contribution in [0.2, 0.25) is 0 Å². The lowest BCUT2D eigenvalue weighted by Crippen LogP contribution is -2.41. The number of benzene rings is 1. The van der Waals surface area contributed by atoms with E-state index >= 15 is 0 Å². The lowest BCUT2D eigenvalue weighted by molar-refractivity contribution is 0.0848. The number of fused-ring (bicyclic) bond motifs is 2. The second-order valence-electron chi connectivity index (χ2n) is 7.91. The molecule has 0 fully saturated rings. The molecule has 2 amide bonds. The molecule has 5 aromatic rings. The van der Waals surface area contributed by atoms with Gasteiger partial charge in [0.2, 0.25) is 0 Å². The van der Waals surface area contributed by atoms with Crippen molar-refractivity contribution in [2.75, 3.05) is 0 Å². The number of carbonyl (C=O) groups is 2. The number of rotatable bonds is 3. The molecule has 0 saturated heterocycles. The van der Waals surface area contributed by atoms with Gasteiger partial charge in [0.05, 0.1) is 39.1 Å². The minimum atomic E-state index is -0.464. The van der Waals surface area contributed by atoms with Gasteiger partial charge >= 0.3 is 0 Å². The molecule has 0 aliphatic rings. The van der Waals surface area contributed by atoms with Crippen LogP contribution in [0.15, 0.2) is 60.8 Å². The van der Waals surface area contributed by atoms with Crippen LogP contribution in [0.5, 0.6) is 0 Å². The number of amides is 2. The van der Waals surface area contributed by atoms with Gasteiger partial charge in [-0.2, -0.15) is 5.10 Å². The van der Waals surface area contributed by atoms with Crippen LogP contribution in [0.4, 0.5) is 0 Å². The third-order valence-electron chi connectivity index (χ3n) is 5.52. The predicted molar refractivity (Wildman–Crippen MR) is 128 cm³/mol. The summed E-state index contributed by atoms with van der Waals surface area (Å²) in [6, 6.07) is 16.2. The molecule has 9 heteroatoms. The SMILES string of the molecule is Cc1cc(C(=O)NNC(=O)c2cc(-c3ccccn3)nc3ccccc23)c2c(C)nn(C)c2n1. The minimum Gasteiger partial charge on any atom is -0.267 e. The molecule has 0 aliphatic carbocycles. The molecule has 1 aromatic carbocycles. The highest BCUT2D eigenvalue weighted by Crippen LogP contribution is 2.24. The lowest BCUT2D eigenvalue weighted by Gasteiger charge is -2.12. The minimum absolute atomic E-state index is 0.375. The quantitative estimate of drug-likeness (QED) is 0.407. The van der Waals surface area contributed by atoms with Gasteiger partial charge in [-0.1, -0.05) is 24.3 Å². The fourth-order valence-corrected chi connectivity index (χ4v) is 4.01. The van der Waals surface area contributed by atoms with Crippen molar-refractivity contribution in [3.8, 4) is 11.4 Å². The Morgan fingerprint density at radius 1 is 0.853 bits per heavy atom. The summed E-state index contributed by atoms with van der Waals surface area (Å²) < 4.78 is 1.63.